The van der Waals surface area contributed by atoms with Gasteiger partial charge in [0.05, 0.1) is 30.0 Å². The van der Waals surface area contributed by atoms with Crippen molar-refractivity contribution in [2.45, 2.75) is 13.3 Å². The fraction of sp³-hybridized carbons (Fsp3) is 0.250. The zero-order chi connectivity index (χ0) is 15.2. The maximum absolute atomic E-state index is 12.0. The molecule has 2 rings (SSSR count). The highest BCUT2D eigenvalue weighted by atomic mass is 35.5. The lowest BCUT2D eigenvalue weighted by Crippen LogP contribution is -2.10. The average Bonchev–Trinajstić information content (AvgIpc) is 2.50. The number of halogens is 1. The number of ether oxygens (including phenoxy) is 2. The van der Waals surface area contributed by atoms with Crippen molar-refractivity contribution in [3.05, 3.63) is 58.4 Å². The van der Waals surface area contributed by atoms with Gasteiger partial charge in [0.15, 0.2) is 0 Å². The molecule has 0 amide bonds. The van der Waals surface area contributed by atoms with Crippen LogP contribution in [0.4, 0.5) is 0 Å². The van der Waals surface area contributed by atoms with Crippen molar-refractivity contribution in [3.63, 3.8) is 0 Å². The number of benzene rings is 1. The molecule has 1 heterocycles. The molecule has 1 aromatic carbocycles. The molecule has 0 aliphatic rings. The first-order chi connectivity index (χ1) is 10.1. The third kappa shape index (κ3) is 3.95. The van der Waals surface area contributed by atoms with Gasteiger partial charge < -0.3 is 9.47 Å². The minimum absolute atomic E-state index is 0.313. The van der Waals surface area contributed by atoms with Crippen molar-refractivity contribution < 1.29 is 14.3 Å². The number of rotatable bonds is 5. The van der Waals surface area contributed by atoms with Gasteiger partial charge in [-0.15, -0.1) is 0 Å². The molecule has 0 saturated heterocycles. The summed E-state index contributed by atoms with van der Waals surface area (Å²) in [5, 5.41) is 0.413. The van der Waals surface area contributed by atoms with Gasteiger partial charge in [-0.25, -0.2) is 4.79 Å². The summed E-state index contributed by atoms with van der Waals surface area (Å²) in [6.45, 7) is 2.08. The fourth-order valence-electron chi connectivity index (χ4n) is 1.93. The number of esters is 1. The van der Waals surface area contributed by atoms with Crippen molar-refractivity contribution in [2.24, 2.45) is 0 Å². The molecule has 0 fully saturated rings. The molecule has 0 N–H and O–H groups in total. The van der Waals surface area contributed by atoms with Crippen LogP contribution in [0.1, 0.15) is 28.5 Å². The number of hydrogen-bond donors (Lipinski definition) is 0. The molecule has 1 aromatic heterocycles. The van der Waals surface area contributed by atoms with Crippen LogP contribution in [-0.4, -0.2) is 24.7 Å². The zero-order valence-electron chi connectivity index (χ0n) is 11.9. The van der Waals surface area contributed by atoms with E-state index in [4.69, 9.17) is 21.1 Å². The summed E-state index contributed by atoms with van der Waals surface area (Å²) in [6, 6.07) is 9.20. The minimum Gasteiger partial charge on any atom is -0.497 e. The number of nitrogens with zero attached hydrogens (tertiary/aromatic N) is 1. The lowest BCUT2D eigenvalue weighted by molar-refractivity contribution is 0.0524. The van der Waals surface area contributed by atoms with Gasteiger partial charge in [-0.2, -0.15) is 0 Å². The maximum Gasteiger partial charge on any atom is 0.340 e. The number of methoxy groups -OCH3 is 1. The minimum atomic E-state index is -0.406. The van der Waals surface area contributed by atoms with Crippen molar-refractivity contribution in [1.29, 1.82) is 0 Å². The summed E-state index contributed by atoms with van der Waals surface area (Å²) >= 11 is 5.92. The van der Waals surface area contributed by atoms with Gasteiger partial charge in [-0.05, 0) is 30.7 Å². The van der Waals surface area contributed by atoms with Crippen LogP contribution >= 0.6 is 11.6 Å². The molecule has 4 nitrogen and oxygen atoms in total. The summed E-state index contributed by atoms with van der Waals surface area (Å²) in [6.07, 6.45) is 2.05. The predicted octanol–water partition coefficient (Wildman–Crippen LogP) is 3.51. The Bertz CT molecular complexity index is 626. The van der Waals surface area contributed by atoms with Gasteiger partial charge in [-0.1, -0.05) is 23.7 Å². The maximum atomic E-state index is 12.0. The SMILES string of the molecule is CCOC(=O)c1cc(Cl)cnc1Cc1ccc(OC)cc1. The summed E-state index contributed by atoms with van der Waals surface area (Å²) in [7, 11) is 1.62. The Kier molecular flexibility index (Phi) is 5.17. The number of carbonyl (C=O) groups excluding carboxylic acids is 1. The largest absolute Gasteiger partial charge is 0.497 e. The first-order valence-corrected chi connectivity index (χ1v) is 6.96. The normalized spacial score (nSPS) is 10.2. The molecular weight excluding hydrogens is 290 g/mol. The van der Waals surface area contributed by atoms with Gasteiger partial charge in [-0.3, -0.25) is 4.98 Å². The number of hydrogen-bond acceptors (Lipinski definition) is 4. The summed E-state index contributed by atoms with van der Waals surface area (Å²) in [5.74, 6) is 0.379. The Labute approximate surface area is 128 Å². The van der Waals surface area contributed by atoms with E-state index in [1.807, 2.05) is 24.3 Å². The lowest BCUT2D eigenvalue weighted by Gasteiger charge is -2.09. The van der Waals surface area contributed by atoms with Crippen molar-refractivity contribution in [3.8, 4) is 5.75 Å². The molecule has 2 aromatic rings. The van der Waals surface area contributed by atoms with Crippen molar-refractivity contribution in [1.82, 2.24) is 4.98 Å². The third-order valence-electron chi connectivity index (χ3n) is 2.96. The highest BCUT2D eigenvalue weighted by Gasteiger charge is 2.15. The van der Waals surface area contributed by atoms with Gasteiger partial charge in [0.2, 0.25) is 0 Å². The smallest absolute Gasteiger partial charge is 0.340 e. The monoisotopic (exact) mass is 305 g/mol. The second kappa shape index (κ2) is 7.09. The van der Waals surface area contributed by atoms with Crippen LogP contribution in [0.15, 0.2) is 36.5 Å². The Morgan fingerprint density at radius 3 is 2.62 bits per heavy atom. The summed E-state index contributed by atoms with van der Waals surface area (Å²) in [5.41, 5.74) is 2.07. The molecule has 0 unspecified atom stereocenters. The van der Waals surface area contributed by atoms with Gasteiger partial charge in [0.25, 0.3) is 0 Å². The molecule has 0 spiro atoms. The quantitative estimate of drug-likeness (QED) is 0.793. The van der Waals surface area contributed by atoms with Crippen LogP contribution in [0.25, 0.3) is 0 Å². The highest BCUT2D eigenvalue weighted by Crippen LogP contribution is 2.19. The average molecular weight is 306 g/mol. The van der Waals surface area contributed by atoms with E-state index in [0.717, 1.165) is 11.3 Å². The Morgan fingerprint density at radius 1 is 1.29 bits per heavy atom. The molecular formula is C16H16ClNO3. The molecule has 21 heavy (non-hydrogen) atoms. The molecule has 0 aliphatic heterocycles. The number of pyridine rings is 1. The van der Waals surface area contributed by atoms with Gasteiger partial charge in [0.1, 0.15) is 5.75 Å². The molecule has 0 radical (unpaired) electrons. The molecule has 0 bridgehead atoms. The van der Waals surface area contributed by atoms with E-state index < -0.39 is 5.97 Å². The number of aromatic nitrogens is 1. The predicted molar refractivity (Wildman–Crippen MR) is 81.0 cm³/mol. The van der Waals surface area contributed by atoms with Crippen molar-refractivity contribution >= 4 is 17.6 Å². The van der Waals surface area contributed by atoms with Crippen molar-refractivity contribution in [2.75, 3.05) is 13.7 Å². The van der Waals surface area contributed by atoms with Gasteiger partial charge >= 0.3 is 5.97 Å². The van der Waals surface area contributed by atoms with E-state index >= 15 is 0 Å². The molecule has 110 valence electrons. The molecule has 0 aliphatic carbocycles. The van der Waals surface area contributed by atoms with Crippen LogP contribution in [0.2, 0.25) is 5.02 Å². The summed E-state index contributed by atoms with van der Waals surface area (Å²) < 4.78 is 10.2. The molecule has 5 heteroatoms. The standard InChI is InChI=1S/C16H16ClNO3/c1-3-21-16(19)14-9-12(17)10-18-15(14)8-11-4-6-13(20-2)7-5-11/h4-7,9-10H,3,8H2,1-2H3. The van der Waals surface area contributed by atoms with E-state index in [-0.39, 0.29) is 0 Å². The van der Waals surface area contributed by atoms with Crippen LogP contribution in [0, 0.1) is 0 Å². The topological polar surface area (TPSA) is 48.4 Å². The van der Waals surface area contributed by atoms with Crippen LogP contribution in [-0.2, 0) is 11.2 Å². The van der Waals surface area contributed by atoms with E-state index in [2.05, 4.69) is 4.98 Å². The van der Waals surface area contributed by atoms with E-state index in [1.54, 1.807) is 20.1 Å². The van der Waals surface area contributed by atoms with Crippen LogP contribution in [0.3, 0.4) is 0 Å². The van der Waals surface area contributed by atoms with Gasteiger partial charge in [0, 0.05) is 12.6 Å². The van der Waals surface area contributed by atoms with Crippen LogP contribution < -0.4 is 4.74 Å². The lowest BCUT2D eigenvalue weighted by atomic mass is 10.1. The summed E-state index contributed by atoms with van der Waals surface area (Å²) in [4.78, 5) is 16.2. The highest BCUT2D eigenvalue weighted by molar-refractivity contribution is 6.30. The fourth-order valence-corrected chi connectivity index (χ4v) is 2.09. The third-order valence-corrected chi connectivity index (χ3v) is 3.17. The first-order valence-electron chi connectivity index (χ1n) is 6.58. The second-order valence-corrected chi connectivity index (χ2v) is 4.83. The zero-order valence-corrected chi connectivity index (χ0v) is 12.7. The number of carbonyl (C=O) groups is 1. The van der Waals surface area contributed by atoms with E-state index in [0.29, 0.717) is 29.3 Å². The van der Waals surface area contributed by atoms with E-state index in [9.17, 15) is 4.79 Å². The Balaban J connectivity index is 2.27. The second-order valence-electron chi connectivity index (χ2n) is 4.39. The van der Waals surface area contributed by atoms with E-state index in [1.165, 1.54) is 6.20 Å². The Morgan fingerprint density at radius 2 is 2.00 bits per heavy atom. The molecule has 0 saturated carbocycles. The first kappa shape index (κ1) is 15.3. The Hall–Kier alpha value is -2.07. The molecule has 0 atom stereocenters. The van der Waals surface area contributed by atoms with Crippen LogP contribution in [0.5, 0.6) is 5.75 Å².